The van der Waals surface area contributed by atoms with Crippen molar-refractivity contribution >= 4 is 23.6 Å². The molecular formula is C33H23F17N2O7. The molecule has 0 saturated carbocycles. The summed E-state index contributed by atoms with van der Waals surface area (Å²) in [6.45, 7) is -1.00. The van der Waals surface area contributed by atoms with Gasteiger partial charge in [0.05, 0.1) is 19.9 Å². The Morgan fingerprint density at radius 3 is 1.37 bits per heavy atom. The number of halogens is 17. The molecule has 326 valence electrons. The highest BCUT2D eigenvalue weighted by Gasteiger charge is 2.94. The van der Waals surface area contributed by atoms with Gasteiger partial charge in [-0.2, -0.15) is 74.6 Å². The van der Waals surface area contributed by atoms with E-state index in [0.717, 1.165) is 6.07 Å². The van der Waals surface area contributed by atoms with E-state index in [1.807, 2.05) is 5.32 Å². The number of methoxy groups -OCH3 is 2. The lowest BCUT2D eigenvalue weighted by Gasteiger charge is -2.41. The predicted molar refractivity (Wildman–Crippen MR) is 166 cm³/mol. The van der Waals surface area contributed by atoms with Crippen molar-refractivity contribution in [1.82, 2.24) is 0 Å². The van der Waals surface area contributed by atoms with Gasteiger partial charge in [0, 0.05) is 11.8 Å². The fourth-order valence-corrected chi connectivity index (χ4v) is 4.20. The minimum atomic E-state index is -8.78. The van der Waals surface area contributed by atoms with Crippen molar-refractivity contribution < 1.29 is 108 Å². The number of carbonyl (C=O) groups is 2. The molecule has 0 aliphatic heterocycles. The number of hydrogen-bond acceptors (Lipinski definition) is 7. The highest BCUT2D eigenvalue weighted by atomic mass is 19.4. The molecule has 0 fully saturated rings. The molecule has 2 N–H and O–H groups in total. The van der Waals surface area contributed by atoms with Gasteiger partial charge in [-0.15, -0.1) is 0 Å². The fraction of sp³-hybridized carbons (Fsp3) is 0.333. The van der Waals surface area contributed by atoms with E-state index in [0.29, 0.717) is 23.1 Å². The van der Waals surface area contributed by atoms with E-state index < -0.39 is 96.1 Å². The lowest BCUT2D eigenvalue weighted by molar-refractivity contribution is -0.451. The van der Waals surface area contributed by atoms with Crippen molar-refractivity contribution in [3.8, 4) is 17.2 Å². The van der Waals surface area contributed by atoms with E-state index in [1.54, 1.807) is 5.32 Å². The first-order valence-electron chi connectivity index (χ1n) is 15.3. The molecule has 0 aliphatic rings. The standard InChI is InChI=1S/C33H23F17N2O7/c1-55-19-8-3-16(4-9-19)14-57-25(53)51-18-7-12-21(52-26(54)58-15-17-5-10-20(56-2)11-6-17)22(13-18)59-24(35)23(34)27(36,37)28(38,39)29(40,41)30(42,43)31(44,45)32(46,47)33(48,49)50/h3-13H,14-15H2,1-2H3,(H,51,53)(H,52,54). The number of amides is 2. The summed E-state index contributed by atoms with van der Waals surface area (Å²) in [5.41, 5.74) is -1.04. The highest BCUT2D eigenvalue weighted by Crippen LogP contribution is 2.63. The van der Waals surface area contributed by atoms with Crippen LogP contribution in [0.1, 0.15) is 11.1 Å². The first kappa shape index (κ1) is 47.5. The molecular weight excluding hydrogens is 859 g/mol. The minimum Gasteiger partial charge on any atom is -0.497 e. The van der Waals surface area contributed by atoms with Crippen molar-refractivity contribution in [3.63, 3.8) is 0 Å². The van der Waals surface area contributed by atoms with E-state index in [4.69, 9.17) is 18.9 Å². The van der Waals surface area contributed by atoms with E-state index in [1.165, 1.54) is 62.8 Å². The summed E-state index contributed by atoms with van der Waals surface area (Å²) >= 11 is 0. The normalized spacial score (nSPS) is 13.5. The predicted octanol–water partition coefficient (Wildman–Crippen LogP) is 11.1. The summed E-state index contributed by atoms with van der Waals surface area (Å²) in [6, 6.07) is 9.25. The van der Waals surface area contributed by atoms with Gasteiger partial charge in [-0.25, -0.2) is 9.59 Å². The summed E-state index contributed by atoms with van der Waals surface area (Å²) in [4.78, 5) is 24.8. The second-order valence-corrected chi connectivity index (χ2v) is 11.4. The molecule has 0 atom stereocenters. The Balaban J connectivity index is 1.98. The van der Waals surface area contributed by atoms with Gasteiger partial charge in [-0.3, -0.25) is 10.6 Å². The maximum absolute atomic E-state index is 14.8. The van der Waals surface area contributed by atoms with Crippen LogP contribution in [0.2, 0.25) is 0 Å². The van der Waals surface area contributed by atoms with Gasteiger partial charge < -0.3 is 23.7 Å². The number of hydrogen-bond donors (Lipinski definition) is 2. The summed E-state index contributed by atoms with van der Waals surface area (Å²) in [6.07, 6.45) is -10.8. The largest absolute Gasteiger partial charge is 0.497 e. The summed E-state index contributed by atoms with van der Waals surface area (Å²) in [5.74, 6) is -56.2. The van der Waals surface area contributed by atoms with Crippen molar-refractivity contribution in [2.24, 2.45) is 0 Å². The molecule has 3 aromatic carbocycles. The van der Waals surface area contributed by atoms with Gasteiger partial charge >= 0.3 is 59.9 Å². The number of benzene rings is 3. The smallest absolute Gasteiger partial charge is 0.460 e. The fourth-order valence-electron chi connectivity index (χ4n) is 4.20. The van der Waals surface area contributed by atoms with E-state index in [-0.39, 0.29) is 11.6 Å². The van der Waals surface area contributed by atoms with Crippen LogP contribution in [0.15, 0.2) is 78.6 Å². The zero-order chi connectivity index (χ0) is 45.0. The molecule has 59 heavy (non-hydrogen) atoms. The molecule has 0 aliphatic carbocycles. The maximum Gasteiger partial charge on any atom is 0.460 e. The van der Waals surface area contributed by atoms with Gasteiger partial charge in [-0.05, 0) is 47.5 Å². The van der Waals surface area contributed by atoms with Gasteiger partial charge in [0.25, 0.3) is 0 Å². The molecule has 0 unspecified atom stereocenters. The Kier molecular flexibility index (Phi) is 13.8. The van der Waals surface area contributed by atoms with Crippen LogP contribution < -0.4 is 24.8 Å². The number of nitrogens with one attached hydrogen (secondary N) is 2. The molecule has 3 aromatic rings. The molecule has 3 rings (SSSR count). The molecule has 0 spiro atoms. The minimum absolute atomic E-state index is 0.277. The van der Waals surface area contributed by atoms with Crippen LogP contribution in [0, 0.1) is 0 Å². The average Bonchev–Trinajstić information content (AvgIpc) is 3.16. The van der Waals surface area contributed by atoms with Crippen LogP contribution in [0.5, 0.6) is 17.2 Å². The Hall–Kier alpha value is -5.85. The third-order valence-corrected chi connectivity index (χ3v) is 7.50. The molecule has 0 bridgehead atoms. The Morgan fingerprint density at radius 2 is 0.949 bits per heavy atom. The Morgan fingerprint density at radius 1 is 0.542 bits per heavy atom. The Labute approximate surface area is 318 Å². The molecule has 0 radical (unpaired) electrons. The number of ether oxygens (including phenoxy) is 5. The quantitative estimate of drug-likeness (QED) is 0.109. The third kappa shape index (κ3) is 9.56. The summed E-state index contributed by atoms with van der Waals surface area (Å²) in [5, 5.41) is 3.69. The topological polar surface area (TPSA) is 104 Å². The SMILES string of the molecule is COc1ccc(COC(=O)Nc2ccc(NC(=O)OCc3ccc(OC)cc3)c(OC(F)=C(F)C(F)(F)C(F)(F)C(F)(F)C(F)(F)C(F)(F)C(F)(F)C(F)(F)F)c2)cc1. The van der Waals surface area contributed by atoms with E-state index >= 15 is 0 Å². The number of anilines is 2. The molecule has 0 heterocycles. The second kappa shape index (κ2) is 17.2. The number of alkyl halides is 15. The summed E-state index contributed by atoms with van der Waals surface area (Å²) < 4.78 is 257. The zero-order valence-electron chi connectivity index (χ0n) is 29.0. The number of rotatable bonds is 16. The number of allylic oxidation sites excluding steroid dienone is 1. The van der Waals surface area contributed by atoms with E-state index in [9.17, 15) is 84.2 Å². The van der Waals surface area contributed by atoms with Gasteiger partial charge in [0.15, 0.2) is 5.75 Å². The highest BCUT2D eigenvalue weighted by molar-refractivity contribution is 5.89. The first-order valence-corrected chi connectivity index (χ1v) is 15.3. The van der Waals surface area contributed by atoms with Gasteiger partial charge in [0.2, 0.25) is 5.83 Å². The first-order chi connectivity index (χ1) is 27.0. The molecule has 0 saturated heterocycles. The zero-order valence-corrected chi connectivity index (χ0v) is 29.0. The van der Waals surface area contributed by atoms with Crippen molar-refractivity contribution in [2.45, 2.75) is 54.9 Å². The van der Waals surface area contributed by atoms with Crippen LogP contribution in [0.3, 0.4) is 0 Å². The van der Waals surface area contributed by atoms with Crippen LogP contribution in [0.4, 0.5) is 95.6 Å². The second-order valence-electron chi connectivity index (χ2n) is 11.4. The lowest BCUT2D eigenvalue weighted by atomic mass is 9.91. The van der Waals surface area contributed by atoms with Crippen LogP contribution in [0.25, 0.3) is 0 Å². The molecule has 9 nitrogen and oxygen atoms in total. The molecule has 0 aromatic heterocycles. The lowest BCUT2D eigenvalue weighted by Crippen LogP contribution is -2.72. The number of carbonyl (C=O) groups excluding carboxylic acids is 2. The van der Waals surface area contributed by atoms with Crippen LogP contribution in [-0.4, -0.2) is 68.1 Å². The molecule has 2 amide bonds. The summed E-state index contributed by atoms with van der Waals surface area (Å²) in [7, 11) is 2.67. The van der Waals surface area contributed by atoms with E-state index in [2.05, 4.69) is 4.74 Å². The van der Waals surface area contributed by atoms with Crippen molar-refractivity contribution in [3.05, 3.63) is 89.7 Å². The third-order valence-electron chi connectivity index (χ3n) is 7.50. The maximum atomic E-state index is 14.8. The van der Waals surface area contributed by atoms with Crippen LogP contribution in [-0.2, 0) is 22.7 Å². The average molecular weight is 883 g/mol. The van der Waals surface area contributed by atoms with Crippen LogP contribution >= 0.6 is 0 Å². The van der Waals surface area contributed by atoms with Gasteiger partial charge in [-0.1, -0.05) is 24.3 Å². The monoisotopic (exact) mass is 882 g/mol. The Bertz CT molecular complexity index is 1990. The van der Waals surface area contributed by atoms with Gasteiger partial charge in [0.1, 0.15) is 24.7 Å². The van der Waals surface area contributed by atoms with Crippen molar-refractivity contribution in [1.29, 1.82) is 0 Å². The molecule has 26 heteroatoms. The van der Waals surface area contributed by atoms with Crippen molar-refractivity contribution in [2.75, 3.05) is 24.9 Å².